The molecule has 0 bridgehead atoms. The predicted molar refractivity (Wildman–Crippen MR) is 57.5 cm³/mol. The Hall–Kier alpha value is -0.650. The molecular formula is C8H8BrN3S. The highest BCUT2D eigenvalue weighted by Gasteiger charge is 2.04. The van der Waals surface area contributed by atoms with Crippen LogP contribution in [-0.4, -0.2) is 9.97 Å². The van der Waals surface area contributed by atoms with Crippen LogP contribution in [0.2, 0.25) is 0 Å². The Morgan fingerprint density at radius 2 is 2.46 bits per heavy atom. The number of rotatable bonds is 2. The molecular weight excluding hydrogens is 250 g/mol. The van der Waals surface area contributed by atoms with Gasteiger partial charge in [-0.25, -0.2) is 4.98 Å². The van der Waals surface area contributed by atoms with Crippen molar-refractivity contribution < 1.29 is 0 Å². The molecule has 2 aromatic rings. The molecule has 0 aromatic carbocycles. The summed E-state index contributed by atoms with van der Waals surface area (Å²) in [4.78, 5) is 8.44. The van der Waals surface area contributed by atoms with Crippen LogP contribution in [0.25, 0.3) is 10.6 Å². The quantitative estimate of drug-likeness (QED) is 0.868. The third kappa shape index (κ3) is 1.82. The molecule has 0 unspecified atom stereocenters. The SMILES string of the molecule is NCc1ncc(-c2cc(Br)cs2)[nH]1. The van der Waals surface area contributed by atoms with Gasteiger partial charge >= 0.3 is 0 Å². The number of thiophene rings is 1. The zero-order valence-electron chi connectivity index (χ0n) is 6.75. The number of halogens is 1. The highest BCUT2D eigenvalue weighted by molar-refractivity contribution is 9.10. The molecule has 0 aliphatic rings. The highest BCUT2D eigenvalue weighted by Crippen LogP contribution is 2.28. The van der Waals surface area contributed by atoms with E-state index in [9.17, 15) is 0 Å². The molecule has 2 rings (SSSR count). The maximum absolute atomic E-state index is 5.45. The number of hydrogen-bond acceptors (Lipinski definition) is 3. The first-order chi connectivity index (χ1) is 6.29. The van der Waals surface area contributed by atoms with Crippen LogP contribution < -0.4 is 5.73 Å². The Labute approximate surface area is 88.1 Å². The third-order valence-electron chi connectivity index (χ3n) is 1.65. The molecule has 0 saturated carbocycles. The van der Waals surface area contributed by atoms with Gasteiger partial charge in [-0.05, 0) is 22.0 Å². The lowest BCUT2D eigenvalue weighted by molar-refractivity contribution is 0.951. The zero-order valence-corrected chi connectivity index (χ0v) is 9.15. The first-order valence-electron chi connectivity index (χ1n) is 3.78. The van der Waals surface area contributed by atoms with Crippen molar-refractivity contribution >= 4 is 27.3 Å². The van der Waals surface area contributed by atoms with E-state index in [1.807, 2.05) is 5.38 Å². The van der Waals surface area contributed by atoms with Crippen LogP contribution in [0.4, 0.5) is 0 Å². The van der Waals surface area contributed by atoms with Gasteiger partial charge in [0.15, 0.2) is 0 Å². The van der Waals surface area contributed by atoms with Gasteiger partial charge in [0.25, 0.3) is 0 Å². The minimum atomic E-state index is 0.451. The molecule has 0 aliphatic carbocycles. The van der Waals surface area contributed by atoms with Gasteiger partial charge in [-0.3, -0.25) is 0 Å². The van der Waals surface area contributed by atoms with E-state index in [0.29, 0.717) is 6.54 Å². The number of aromatic nitrogens is 2. The lowest BCUT2D eigenvalue weighted by Crippen LogP contribution is -1.97. The normalized spacial score (nSPS) is 10.6. The van der Waals surface area contributed by atoms with E-state index in [2.05, 4.69) is 32.0 Å². The molecule has 68 valence electrons. The van der Waals surface area contributed by atoms with Crippen LogP contribution in [-0.2, 0) is 6.54 Å². The van der Waals surface area contributed by atoms with Gasteiger partial charge in [0.2, 0.25) is 0 Å². The largest absolute Gasteiger partial charge is 0.340 e. The lowest BCUT2D eigenvalue weighted by Gasteiger charge is -1.89. The van der Waals surface area contributed by atoms with Crippen LogP contribution >= 0.6 is 27.3 Å². The number of imidazole rings is 1. The summed E-state index contributed by atoms with van der Waals surface area (Å²) in [7, 11) is 0. The maximum Gasteiger partial charge on any atom is 0.120 e. The standard InChI is InChI=1S/C8H8BrN3S/c9-5-1-7(13-4-5)6-3-11-8(2-10)12-6/h1,3-4H,2,10H2,(H,11,12). The van der Waals surface area contributed by atoms with Gasteiger partial charge in [-0.15, -0.1) is 11.3 Å². The molecule has 0 saturated heterocycles. The molecule has 13 heavy (non-hydrogen) atoms. The lowest BCUT2D eigenvalue weighted by atomic mass is 10.4. The molecule has 0 fully saturated rings. The third-order valence-corrected chi connectivity index (χ3v) is 3.38. The van der Waals surface area contributed by atoms with Crippen LogP contribution in [0.15, 0.2) is 22.1 Å². The van der Waals surface area contributed by atoms with E-state index >= 15 is 0 Å². The number of aromatic amines is 1. The van der Waals surface area contributed by atoms with Crippen molar-refractivity contribution in [2.24, 2.45) is 5.73 Å². The molecule has 2 heterocycles. The van der Waals surface area contributed by atoms with Gasteiger partial charge < -0.3 is 10.7 Å². The van der Waals surface area contributed by atoms with E-state index < -0.39 is 0 Å². The Morgan fingerprint density at radius 1 is 1.62 bits per heavy atom. The Kier molecular flexibility index (Phi) is 2.48. The summed E-state index contributed by atoms with van der Waals surface area (Å²) in [5, 5.41) is 2.04. The van der Waals surface area contributed by atoms with Gasteiger partial charge in [0.05, 0.1) is 23.3 Å². The molecule has 3 N–H and O–H groups in total. The van der Waals surface area contributed by atoms with Crippen LogP contribution in [0.1, 0.15) is 5.82 Å². The fourth-order valence-electron chi connectivity index (χ4n) is 1.05. The van der Waals surface area contributed by atoms with Crippen LogP contribution in [0.5, 0.6) is 0 Å². The number of nitrogens with two attached hydrogens (primary N) is 1. The summed E-state index contributed by atoms with van der Waals surface area (Å²) in [6.45, 7) is 0.451. The maximum atomic E-state index is 5.45. The van der Waals surface area contributed by atoms with E-state index in [4.69, 9.17) is 5.73 Å². The number of H-pyrrole nitrogens is 1. The molecule has 2 aromatic heterocycles. The van der Waals surface area contributed by atoms with Gasteiger partial charge in [-0.1, -0.05) is 0 Å². The first kappa shape index (κ1) is 8.93. The van der Waals surface area contributed by atoms with Crippen molar-refractivity contribution in [2.45, 2.75) is 6.54 Å². The molecule has 0 aliphatic heterocycles. The fourth-order valence-corrected chi connectivity index (χ4v) is 2.44. The van der Waals surface area contributed by atoms with Crippen molar-refractivity contribution in [1.29, 1.82) is 0 Å². The second-order valence-corrected chi connectivity index (χ2v) is 4.40. The summed E-state index contributed by atoms with van der Waals surface area (Å²) in [6.07, 6.45) is 1.81. The van der Waals surface area contributed by atoms with Crippen molar-refractivity contribution in [3.05, 3.63) is 27.9 Å². The zero-order chi connectivity index (χ0) is 9.26. The molecule has 0 amide bonds. The summed E-state index contributed by atoms with van der Waals surface area (Å²) < 4.78 is 1.09. The molecule has 5 heteroatoms. The molecule has 0 atom stereocenters. The number of hydrogen-bond donors (Lipinski definition) is 2. The summed E-state index contributed by atoms with van der Waals surface area (Å²) in [5.74, 6) is 0.819. The van der Waals surface area contributed by atoms with Crippen molar-refractivity contribution in [3.63, 3.8) is 0 Å². The Morgan fingerprint density at radius 3 is 3.00 bits per heavy atom. The molecule has 0 spiro atoms. The van der Waals surface area contributed by atoms with Crippen molar-refractivity contribution in [2.75, 3.05) is 0 Å². The minimum absolute atomic E-state index is 0.451. The van der Waals surface area contributed by atoms with E-state index in [1.165, 1.54) is 4.88 Å². The van der Waals surface area contributed by atoms with E-state index in [1.54, 1.807) is 17.5 Å². The minimum Gasteiger partial charge on any atom is -0.340 e. The summed E-state index contributed by atoms with van der Waals surface area (Å²) in [6, 6.07) is 2.05. The predicted octanol–water partition coefficient (Wildman–Crippen LogP) is 2.36. The fraction of sp³-hybridized carbons (Fsp3) is 0.125. The van der Waals surface area contributed by atoms with Gasteiger partial charge in [-0.2, -0.15) is 0 Å². The Bertz CT molecular complexity index is 407. The van der Waals surface area contributed by atoms with E-state index in [-0.39, 0.29) is 0 Å². The second kappa shape index (κ2) is 3.61. The van der Waals surface area contributed by atoms with E-state index in [0.717, 1.165) is 16.0 Å². The summed E-state index contributed by atoms with van der Waals surface area (Å²) in [5.41, 5.74) is 6.47. The Balaban J connectivity index is 2.35. The number of nitrogens with zero attached hydrogens (tertiary/aromatic N) is 1. The van der Waals surface area contributed by atoms with Crippen LogP contribution in [0.3, 0.4) is 0 Å². The topological polar surface area (TPSA) is 54.7 Å². The van der Waals surface area contributed by atoms with Crippen molar-refractivity contribution in [1.82, 2.24) is 9.97 Å². The average Bonchev–Trinajstić information content (AvgIpc) is 2.71. The average molecular weight is 258 g/mol. The summed E-state index contributed by atoms with van der Waals surface area (Å²) >= 11 is 5.07. The highest BCUT2D eigenvalue weighted by atomic mass is 79.9. The first-order valence-corrected chi connectivity index (χ1v) is 5.45. The number of nitrogens with one attached hydrogen (secondary N) is 1. The smallest absolute Gasteiger partial charge is 0.120 e. The molecule has 0 radical (unpaired) electrons. The monoisotopic (exact) mass is 257 g/mol. The van der Waals surface area contributed by atoms with Gasteiger partial charge in [0.1, 0.15) is 5.82 Å². The molecule has 3 nitrogen and oxygen atoms in total. The van der Waals surface area contributed by atoms with Gasteiger partial charge in [0, 0.05) is 9.85 Å². The van der Waals surface area contributed by atoms with Crippen LogP contribution in [0, 0.1) is 0 Å². The van der Waals surface area contributed by atoms with Crippen molar-refractivity contribution in [3.8, 4) is 10.6 Å². The second-order valence-electron chi connectivity index (χ2n) is 2.58.